The first kappa shape index (κ1) is 19.2. The van der Waals surface area contributed by atoms with E-state index in [1.807, 2.05) is 17.5 Å². The van der Waals surface area contributed by atoms with Gasteiger partial charge in [0.05, 0.1) is 10.7 Å². The van der Waals surface area contributed by atoms with Crippen molar-refractivity contribution in [3.8, 4) is 11.3 Å². The molecule has 0 aliphatic heterocycles. The monoisotopic (exact) mass is 406 g/mol. The van der Waals surface area contributed by atoms with Crippen LogP contribution in [-0.4, -0.2) is 37.9 Å². The second kappa shape index (κ2) is 8.42. The molecule has 0 aliphatic rings. The molecule has 3 rings (SSSR count). The summed E-state index contributed by atoms with van der Waals surface area (Å²) in [5.41, 5.74) is 1.93. The summed E-state index contributed by atoms with van der Waals surface area (Å²) in [5.74, 6) is -0.498. The molecule has 0 radical (unpaired) electrons. The zero-order chi connectivity index (χ0) is 19.3. The molecule has 3 heterocycles. The maximum atomic E-state index is 12.0. The molecule has 0 atom stereocenters. The lowest BCUT2D eigenvalue weighted by Crippen LogP contribution is -2.24. The molecule has 0 saturated heterocycles. The van der Waals surface area contributed by atoms with E-state index < -0.39 is 15.9 Å². The summed E-state index contributed by atoms with van der Waals surface area (Å²) in [6.07, 6.45) is 4.89. The number of pyridine rings is 1. The molecule has 3 aromatic rings. The average molecular weight is 406 g/mol. The van der Waals surface area contributed by atoms with E-state index in [2.05, 4.69) is 20.0 Å². The van der Waals surface area contributed by atoms with Crippen molar-refractivity contribution in [3.05, 3.63) is 52.8 Å². The summed E-state index contributed by atoms with van der Waals surface area (Å²) >= 11 is 1.57. The predicted octanol–water partition coefficient (Wildman–Crippen LogP) is 2.07. The highest BCUT2D eigenvalue weighted by Gasteiger charge is 2.19. The first-order valence-electron chi connectivity index (χ1n) is 8.16. The van der Waals surface area contributed by atoms with Crippen LogP contribution >= 0.6 is 11.3 Å². The fraction of sp³-hybridized carbons (Fsp3) is 0.235. The number of aryl methyl sites for hydroxylation is 1. The molecule has 1 amide bonds. The van der Waals surface area contributed by atoms with Crippen molar-refractivity contribution in [2.75, 3.05) is 13.6 Å². The van der Waals surface area contributed by atoms with Gasteiger partial charge in [0.15, 0.2) is 5.76 Å². The summed E-state index contributed by atoms with van der Waals surface area (Å²) in [6.45, 7) is 0.428. The summed E-state index contributed by atoms with van der Waals surface area (Å²) < 4.78 is 30.4. The predicted molar refractivity (Wildman–Crippen MR) is 101 cm³/mol. The number of furan rings is 1. The minimum absolute atomic E-state index is 0.0435. The molecule has 0 aliphatic carbocycles. The SMILES string of the molecule is CNS(=O)(=O)c1ccc(C(=O)NCCCc2nc(-c3ccncc3)cs2)o1. The zero-order valence-corrected chi connectivity index (χ0v) is 16.1. The zero-order valence-electron chi connectivity index (χ0n) is 14.5. The molecule has 0 spiro atoms. The lowest BCUT2D eigenvalue weighted by atomic mass is 10.2. The largest absolute Gasteiger partial charge is 0.438 e. The third kappa shape index (κ3) is 4.79. The van der Waals surface area contributed by atoms with Gasteiger partial charge < -0.3 is 9.73 Å². The number of carbonyl (C=O) groups is 1. The van der Waals surface area contributed by atoms with E-state index in [-0.39, 0.29) is 10.9 Å². The number of nitrogens with one attached hydrogen (secondary N) is 2. The number of hydrogen-bond acceptors (Lipinski definition) is 7. The molecule has 0 bridgehead atoms. The highest BCUT2D eigenvalue weighted by molar-refractivity contribution is 7.89. The Bertz CT molecular complexity index is 1010. The highest BCUT2D eigenvalue weighted by Crippen LogP contribution is 2.21. The van der Waals surface area contributed by atoms with Gasteiger partial charge in [0.2, 0.25) is 5.09 Å². The van der Waals surface area contributed by atoms with Gasteiger partial charge in [0.1, 0.15) is 0 Å². The van der Waals surface area contributed by atoms with Gasteiger partial charge in [0, 0.05) is 36.3 Å². The molecule has 0 saturated carbocycles. The van der Waals surface area contributed by atoms with E-state index in [1.165, 1.54) is 19.2 Å². The summed E-state index contributed by atoms with van der Waals surface area (Å²) in [5, 5.41) is 5.40. The minimum Gasteiger partial charge on any atom is -0.438 e. The summed E-state index contributed by atoms with van der Waals surface area (Å²) in [4.78, 5) is 20.6. The first-order valence-corrected chi connectivity index (χ1v) is 10.5. The van der Waals surface area contributed by atoms with E-state index in [4.69, 9.17) is 4.42 Å². The van der Waals surface area contributed by atoms with Gasteiger partial charge >= 0.3 is 0 Å². The van der Waals surface area contributed by atoms with Crippen LogP contribution in [0, 0.1) is 0 Å². The van der Waals surface area contributed by atoms with Crippen molar-refractivity contribution in [3.63, 3.8) is 0 Å². The van der Waals surface area contributed by atoms with Crippen LogP contribution in [0.1, 0.15) is 22.0 Å². The standard InChI is InChI=1S/C17H18N4O4S2/c1-18-27(23,24)16-5-4-14(25-16)17(22)20-8-2-3-15-21-13(11-26-15)12-6-9-19-10-7-12/h4-7,9-11,18H,2-3,8H2,1H3,(H,20,22). The number of aromatic nitrogens is 2. The molecular formula is C17H18N4O4S2. The van der Waals surface area contributed by atoms with Gasteiger partial charge in [-0.15, -0.1) is 11.3 Å². The van der Waals surface area contributed by atoms with Gasteiger partial charge in [-0.1, -0.05) is 0 Å². The Hall–Kier alpha value is -2.56. The molecule has 142 valence electrons. The summed E-state index contributed by atoms with van der Waals surface area (Å²) in [7, 11) is -2.43. The van der Waals surface area contributed by atoms with Gasteiger partial charge in [-0.05, 0) is 37.7 Å². The van der Waals surface area contributed by atoms with E-state index in [1.54, 1.807) is 23.7 Å². The van der Waals surface area contributed by atoms with Crippen LogP contribution in [0.4, 0.5) is 0 Å². The number of hydrogen-bond donors (Lipinski definition) is 2. The van der Waals surface area contributed by atoms with Crippen molar-refractivity contribution in [2.45, 2.75) is 17.9 Å². The smallest absolute Gasteiger partial charge is 0.287 e. The van der Waals surface area contributed by atoms with Crippen LogP contribution in [0.5, 0.6) is 0 Å². The van der Waals surface area contributed by atoms with Crippen molar-refractivity contribution in [2.24, 2.45) is 0 Å². The van der Waals surface area contributed by atoms with Gasteiger partial charge in [0.25, 0.3) is 15.9 Å². The maximum absolute atomic E-state index is 12.0. The Kier molecular flexibility index (Phi) is 5.99. The number of rotatable bonds is 8. The van der Waals surface area contributed by atoms with Crippen molar-refractivity contribution in [1.82, 2.24) is 20.0 Å². The first-order chi connectivity index (χ1) is 13.0. The molecule has 0 fully saturated rings. The van der Waals surface area contributed by atoms with E-state index in [9.17, 15) is 13.2 Å². The Morgan fingerprint density at radius 1 is 1.22 bits per heavy atom. The maximum Gasteiger partial charge on any atom is 0.287 e. The van der Waals surface area contributed by atoms with Crippen molar-refractivity contribution in [1.29, 1.82) is 0 Å². The molecule has 0 unspecified atom stereocenters. The summed E-state index contributed by atoms with van der Waals surface area (Å²) in [6, 6.07) is 6.40. The molecule has 27 heavy (non-hydrogen) atoms. The molecule has 3 aromatic heterocycles. The van der Waals surface area contributed by atoms with E-state index in [0.29, 0.717) is 13.0 Å². The molecular weight excluding hydrogens is 388 g/mol. The molecule has 0 aromatic carbocycles. The van der Waals surface area contributed by atoms with Gasteiger partial charge in [-0.3, -0.25) is 9.78 Å². The topological polar surface area (TPSA) is 114 Å². The molecule has 10 heteroatoms. The molecule has 2 N–H and O–H groups in total. The molecule has 8 nitrogen and oxygen atoms in total. The number of nitrogens with zero attached hydrogens (tertiary/aromatic N) is 2. The van der Waals surface area contributed by atoms with E-state index >= 15 is 0 Å². The lowest BCUT2D eigenvalue weighted by molar-refractivity contribution is 0.0920. The Morgan fingerprint density at radius 2 is 2.00 bits per heavy atom. The number of sulfonamides is 1. The van der Waals surface area contributed by atoms with Gasteiger partial charge in [-0.2, -0.15) is 0 Å². The van der Waals surface area contributed by atoms with Crippen LogP contribution in [0.2, 0.25) is 0 Å². The lowest BCUT2D eigenvalue weighted by Gasteiger charge is -2.02. The van der Waals surface area contributed by atoms with Crippen LogP contribution in [0.3, 0.4) is 0 Å². The Balaban J connectivity index is 1.48. The second-order valence-electron chi connectivity index (χ2n) is 5.55. The van der Waals surface area contributed by atoms with Crippen molar-refractivity contribution >= 4 is 27.3 Å². The second-order valence-corrected chi connectivity index (χ2v) is 8.31. The van der Waals surface area contributed by atoms with Crippen molar-refractivity contribution < 1.29 is 17.6 Å². The van der Waals surface area contributed by atoms with Crippen LogP contribution < -0.4 is 10.0 Å². The normalized spacial score (nSPS) is 11.4. The Labute approximate surface area is 160 Å². The van der Waals surface area contributed by atoms with Crippen LogP contribution in [0.25, 0.3) is 11.3 Å². The third-order valence-electron chi connectivity index (χ3n) is 3.72. The van der Waals surface area contributed by atoms with Crippen LogP contribution in [0.15, 0.2) is 51.5 Å². The van der Waals surface area contributed by atoms with Gasteiger partial charge in [-0.25, -0.2) is 18.1 Å². The fourth-order valence-electron chi connectivity index (χ4n) is 2.30. The number of thiazole rings is 1. The minimum atomic E-state index is -3.70. The fourth-order valence-corrected chi connectivity index (χ4v) is 3.79. The van der Waals surface area contributed by atoms with Crippen LogP contribution in [-0.2, 0) is 16.4 Å². The number of carbonyl (C=O) groups excluding carboxylic acids is 1. The number of amides is 1. The third-order valence-corrected chi connectivity index (χ3v) is 5.91. The average Bonchev–Trinajstić information content (AvgIpc) is 3.36. The highest BCUT2D eigenvalue weighted by atomic mass is 32.2. The quantitative estimate of drug-likeness (QED) is 0.554. The van der Waals surface area contributed by atoms with E-state index in [0.717, 1.165) is 22.7 Å². The Morgan fingerprint density at radius 3 is 2.74 bits per heavy atom.